The van der Waals surface area contributed by atoms with Crippen molar-refractivity contribution < 1.29 is 0 Å². The van der Waals surface area contributed by atoms with Gasteiger partial charge in [-0.15, -0.1) is 0 Å². The van der Waals surface area contributed by atoms with Gasteiger partial charge in [0.25, 0.3) is 0 Å². The van der Waals surface area contributed by atoms with Crippen molar-refractivity contribution in [1.29, 1.82) is 0 Å². The van der Waals surface area contributed by atoms with Crippen molar-refractivity contribution in [2.24, 2.45) is 0 Å². The molecule has 0 saturated carbocycles. The van der Waals surface area contributed by atoms with Gasteiger partial charge in [-0.2, -0.15) is 0 Å². The molecule has 0 atom stereocenters. The van der Waals surface area contributed by atoms with Crippen LogP contribution in [0.1, 0.15) is 0 Å². The summed E-state index contributed by atoms with van der Waals surface area (Å²) in [5.74, 6) is 0. The minimum absolute atomic E-state index is 1.09. The van der Waals surface area contributed by atoms with Gasteiger partial charge in [-0.1, -0.05) is 115 Å². The molecule has 0 aliphatic rings. The Hall–Kier alpha value is -6.84. The van der Waals surface area contributed by atoms with Crippen molar-refractivity contribution >= 4 is 55.9 Å². The van der Waals surface area contributed by atoms with Gasteiger partial charge < -0.3 is 14.4 Å². The van der Waals surface area contributed by atoms with Crippen molar-refractivity contribution in [3.63, 3.8) is 0 Å². The van der Waals surface area contributed by atoms with Crippen LogP contribution in [0, 0.1) is 0 Å². The molecule has 0 bridgehead atoms. The van der Waals surface area contributed by atoms with E-state index in [4.69, 9.17) is 0 Å². The maximum Gasteiger partial charge on any atom is 0.0541 e. The van der Waals surface area contributed by atoms with Gasteiger partial charge in [0.2, 0.25) is 0 Å². The molecule has 3 nitrogen and oxygen atoms in total. The van der Waals surface area contributed by atoms with Crippen LogP contribution in [0.4, 0.5) is 34.1 Å². The first-order valence-corrected chi connectivity index (χ1v) is 17.4. The first-order chi connectivity index (χ1) is 25.3. The fraction of sp³-hybridized carbons (Fsp3) is 0. The number of anilines is 6. The lowest BCUT2D eigenvalue weighted by atomic mass is 10.0. The van der Waals surface area contributed by atoms with E-state index in [1.807, 2.05) is 0 Å². The molecule has 0 radical (unpaired) electrons. The van der Waals surface area contributed by atoms with E-state index in [1.165, 1.54) is 27.4 Å². The summed E-state index contributed by atoms with van der Waals surface area (Å²) in [6.07, 6.45) is 0. The predicted molar refractivity (Wildman–Crippen MR) is 216 cm³/mol. The summed E-state index contributed by atoms with van der Waals surface area (Å²) >= 11 is 0. The zero-order valence-corrected chi connectivity index (χ0v) is 28.0. The Kier molecular flexibility index (Phi) is 7.84. The van der Waals surface area contributed by atoms with E-state index in [2.05, 4.69) is 227 Å². The number of rotatable bonds is 8. The third kappa shape index (κ3) is 5.71. The molecule has 1 heterocycles. The number of benzene rings is 8. The molecule has 242 valence electrons. The fourth-order valence-electron chi connectivity index (χ4n) is 7.20. The number of hydrogen-bond acceptors (Lipinski definition) is 2. The third-order valence-electron chi connectivity index (χ3n) is 9.55. The van der Waals surface area contributed by atoms with Gasteiger partial charge in [0.1, 0.15) is 0 Å². The highest BCUT2D eigenvalue weighted by molar-refractivity contribution is 6.09. The van der Waals surface area contributed by atoms with Crippen LogP contribution in [-0.4, -0.2) is 4.57 Å². The first-order valence-electron chi connectivity index (χ1n) is 17.4. The zero-order chi connectivity index (χ0) is 34.0. The van der Waals surface area contributed by atoms with E-state index in [-0.39, 0.29) is 0 Å². The summed E-state index contributed by atoms with van der Waals surface area (Å²) in [5.41, 5.74) is 12.5. The van der Waals surface area contributed by atoms with Gasteiger partial charge in [-0.05, 0) is 108 Å². The smallest absolute Gasteiger partial charge is 0.0541 e. The molecule has 0 unspecified atom stereocenters. The lowest BCUT2D eigenvalue weighted by Gasteiger charge is -2.28. The molecule has 0 aliphatic heterocycles. The molecular weight excluding hydrogens is 619 g/mol. The molecule has 9 aromatic rings. The molecule has 0 fully saturated rings. The molecule has 1 aromatic heterocycles. The standard InChI is InChI=1S/C48H35N3/c1-4-16-38(17-5-1)49(39-18-6-2-7-19-39)41-31-33-42(34-32-41)50(40-20-8-3-9-21-40)44-22-14-15-37(35-44)36-27-29-43(30-28-36)51-47-25-12-10-23-45(47)46-24-11-13-26-48(46)51/h1-35H. The number of hydrogen-bond donors (Lipinski definition) is 0. The number of nitrogens with zero attached hydrogens (tertiary/aromatic N) is 3. The zero-order valence-electron chi connectivity index (χ0n) is 28.0. The summed E-state index contributed by atoms with van der Waals surface area (Å²) in [7, 11) is 0. The van der Waals surface area contributed by atoms with Crippen molar-refractivity contribution in [3.05, 3.63) is 212 Å². The van der Waals surface area contributed by atoms with Crippen LogP contribution in [-0.2, 0) is 0 Å². The SMILES string of the molecule is c1ccc(N(c2ccccc2)c2ccc(N(c3ccccc3)c3cccc(-c4ccc(-n5c6ccccc6c6ccccc65)cc4)c3)cc2)cc1. The van der Waals surface area contributed by atoms with Crippen LogP contribution in [0.15, 0.2) is 212 Å². The van der Waals surface area contributed by atoms with Gasteiger partial charge >= 0.3 is 0 Å². The molecule has 0 aliphatic carbocycles. The number of fused-ring (bicyclic) bond motifs is 3. The van der Waals surface area contributed by atoms with Gasteiger partial charge in [-0.3, -0.25) is 0 Å². The summed E-state index contributed by atoms with van der Waals surface area (Å²) in [6, 6.07) is 75.6. The maximum absolute atomic E-state index is 2.36. The Bertz CT molecular complexity index is 2460. The Morgan fingerprint density at radius 2 is 0.667 bits per heavy atom. The summed E-state index contributed by atoms with van der Waals surface area (Å²) < 4.78 is 2.36. The van der Waals surface area contributed by atoms with E-state index in [0.29, 0.717) is 0 Å². The summed E-state index contributed by atoms with van der Waals surface area (Å²) in [6.45, 7) is 0. The van der Waals surface area contributed by atoms with E-state index in [9.17, 15) is 0 Å². The van der Waals surface area contributed by atoms with Gasteiger partial charge in [0, 0.05) is 50.6 Å². The number of para-hydroxylation sites is 5. The van der Waals surface area contributed by atoms with Crippen molar-refractivity contribution in [2.45, 2.75) is 0 Å². The molecule has 0 saturated heterocycles. The van der Waals surface area contributed by atoms with Crippen LogP contribution in [0.2, 0.25) is 0 Å². The Morgan fingerprint density at radius 1 is 0.275 bits per heavy atom. The van der Waals surface area contributed by atoms with E-state index in [1.54, 1.807) is 0 Å². The average molecular weight is 654 g/mol. The Labute approximate surface area is 298 Å². The molecule has 9 rings (SSSR count). The molecular formula is C48H35N3. The largest absolute Gasteiger partial charge is 0.311 e. The molecule has 0 amide bonds. The highest BCUT2D eigenvalue weighted by Gasteiger charge is 2.17. The van der Waals surface area contributed by atoms with Crippen LogP contribution < -0.4 is 9.80 Å². The second kappa shape index (κ2) is 13.2. The minimum Gasteiger partial charge on any atom is -0.311 e. The average Bonchev–Trinajstić information content (AvgIpc) is 3.55. The monoisotopic (exact) mass is 653 g/mol. The Morgan fingerprint density at radius 3 is 1.16 bits per heavy atom. The maximum atomic E-state index is 2.36. The number of aromatic nitrogens is 1. The van der Waals surface area contributed by atoms with Crippen molar-refractivity contribution in [1.82, 2.24) is 4.57 Å². The quantitative estimate of drug-likeness (QED) is 0.162. The van der Waals surface area contributed by atoms with E-state index >= 15 is 0 Å². The van der Waals surface area contributed by atoms with Crippen LogP contribution in [0.25, 0.3) is 38.6 Å². The fourth-order valence-corrected chi connectivity index (χ4v) is 7.20. The molecule has 8 aromatic carbocycles. The van der Waals surface area contributed by atoms with Crippen molar-refractivity contribution in [3.8, 4) is 16.8 Å². The van der Waals surface area contributed by atoms with Crippen LogP contribution >= 0.6 is 0 Å². The molecule has 0 spiro atoms. The third-order valence-corrected chi connectivity index (χ3v) is 9.55. The van der Waals surface area contributed by atoms with E-state index < -0.39 is 0 Å². The van der Waals surface area contributed by atoms with E-state index in [0.717, 1.165) is 45.4 Å². The lowest BCUT2D eigenvalue weighted by molar-refractivity contribution is 1.18. The summed E-state index contributed by atoms with van der Waals surface area (Å²) in [4.78, 5) is 4.62. The lowest BCUT2D eigenvalue weighted by Crippen LogP contribution is -2.12. The van der Waals surface area contributed by atoms with Crippen LogP contribution in [0.5, 0.6) is 0 Å². The van der Waals surface area contributed by atoms with Gasteiger partial charge in [-0.25, -0.2) is 0 Å². The Balaban J connectivity index is 1.08. The highest BCUT2D eigenvalue weighted by atomic mass is 15.2. The second-order valence-corrected chi connectivity index (χ2v) is 12.7. The van der Waals surface area contributed by atoms with Gasteiger partial charge in [0.15, 0.2) is 0 Å². The highest BCUT2D eigenvalue weighted by Crippen LogP contribution is 2.40. The minimum atomic E-state index is 1.09. The van der Waals surface area contributed by atoms with Crippen LogP contribution in [0.3, 0.4) is 0 Å². The van der Waals surface area contributed by atoms with Crippen molar-refractivity contribution in [2.75, 3.05) is 9.80 Å². The summed E-state index contributed by atoms with van der Waals surface area (Å²) in [5, 5.41) is 2.54. The second-order valence-electron chi connectivity index (χ2n) is 12.7. The normalized spacial score (nSPS) is 11.1. The molecule has 0 N–H and O–H groups in total. The first kappa shape index (κ1) is 30.2. The topological polar surface area (TPSA) is 11.4 Å². The molecule has 51 heavy (non-hydrogen) atoms. The van der Waals surface area contributed by atoms with Gasteiger partial charge in [0.05, 0.1) is 11.0 Å². The molecule has 3 heteroatoms. The predicted octanol–water partition coefficient (Wildman–Crippen LogP) is 13.4.